The molecule has 0 aliphatic rings. The lowest BCUT2D eigenvalue weighted by Crippen LogP contribution is -2.28. The third kappa shape index (κ3) is 5.30. The lowest BCUT2D eigenvalue weighted by Gasteiger charge is -2.19. The maximum Gasteiger partial charge on any atom is 0.244 e. The third-order valence-corrected chi connectivity index (χ3v) is 5.19. The van der Waals surface area contributed by atoms with Crippen LogP contribution in [0.5, 0.6) is 0 Å². The van der Waals surface area contributed by atoms with Crippen LogP contribution in [0, 0.1) is 0 Å². The quantitative estimate of drug-likeness (QED) is 0.650. The normalized spacial score (nSPS) is 11.8. The SMILES string of the molecule is CCCNc1ccccc1S(=O)(=O)N(C)CCCCCO. The van der Waals surface area contributed by atoms with Crippen LogP contribution >= 0.6 is 0 Å². The van der Waals surface area contributed by atoms with E-state index in [0.717, 1.165) is 25.8 Å². The molecule has 0 atom stereocenters. The van der Waals surface area contributed by atoms with Crippen LogP contribution in [0.2, 0.25) is 0 Å². The fraction of sp³-hybridized carbons (Fsp3) is 0.600. The first-order valence-electron chi connectivity index (χ1n) is 7.44. The van der Waals surface area contributed by atoms with E-state index in [9.17, 15) is 8.42 Å². The summed E-state index contributed by atoms with van der Waals surface area (Å²) >= 11 is 0. The number of sulfonamides is 1. The summed E-state index contributed by atoms with van der Waals surface area (Å²) in [4.78, 5) is 0.322. The van der Waals surface area contributed by atoms with Crippen LogP contribution in [0.15, 0.2) is 29.2 Å². The molecule has 0 bridgehead atoms. The van der Waals surface area contributed by atoms with Gasteiger partial charge in [0.05, 0.1) is 5.69 Å². The van der Waals surface area contributed by atoms with Crippen LogP contribution < -0.4 is 5.32 Å². The highest BCUT2D eigenvalue weighted by atomic mass is 32.2. The molecule has 0 spiro atoms. The van der Waals surface area contributed by atoms with Gasteiger partial charge in [-0.2, -0.15) is 0 Å². The summed E-state index contributed by atoms with van der Waals surface area (Å²) in [6.07, 6.45) is 3.22. The Labute approximate surface area is 128 Å². The molecule has 5 nitrogen and oxygen atoms in total. The average molecular weight is 314 g/mol. The fourth-order valence-corrected chi connectivity index (χ4v) is 3.38. The highest BCUT2D eigenvalue weighted by Crippen LogP contribution is 2.24. The number of para-hydroxylation sites is 1. The number of rotatable bonds is 10. The van der Waals surface area contributed by atoms with E-state index in [1.54, 1.807) is 25.2 Å². The zero-order chi connectivity index (χ0) is 15.7. The van der Waals surface area contributed by atoms with Gasteiger partial charge >= 0.3 is 0 Å². The van der Waals surface area contributed by atoms with Crippen molar-refractivity contribution in [3.05, 3.63) is 24.3 Å². The molecule has 6 heteroatoms. The first kappa shape index (κ1) is 17.9. The third-order valence-electron chi connectivity index (χ3n) is 3.27. The molecule has 0 aliphatic carbocycles. The molecule has 0 aliphatic heterocycles. The lowest BCUT2D eigenvalue weighted by atomic mass is 10.2. The zero-order valence-electron chi connectivity index (χ0n) is 12.9. The van der Waals surface area contributed by atoms with Gasteiger partial charge in [0.1, 0.15) is 4.90 Å². The Morgan fingerprint density at radius 1 is 1.19 bits per heavy atom. The molecule has 0 radical (unpaired) electrons. The van der Waals surface area contributed by atoms with Crippen LogP contribution in [0.1, 0.15) is 32.6 Å². The summed E-state index contributed by atoms with van der Waals surface area (Å²) in [5.41, 5.74) is 0.654. The van der Waals surface area contributed by atoms with Gasteiger partial charge < -0.3 is 10.4 Å². The molecule has 0 unspecified atom stereocenters. The van der Waals surface area contributed by atoms with Crippen LogP contribution in [-0.4, -0.2) is 44.6 Å². The summed E-state index contributed by atoms with van der Waals surface area (Å²) in [5.74, 6) is 0. The van der Waals surface area contributed by atoms with Gasteiger partial charge in [0.2, 0.25) is 10.0 Å². The number of aliphatic hydroxyl groups is 1. The van der Waals surface area contributed by atoms with E-state index in [0.29, 0.717) is 23.5 Å². The van der Waals surface area contributed by atoms with Gasteiger partial charge in [-0.25, -0.2) is 12.7 Å². The molecule has 0 saturated carbocycles. The van der Waals surface area contributed by atoms with Gasteiger partial charge in [-0.15, -0.1) is 0 Å². The maximum absolute atomic E-state index is 12.6. The number of nitrogens with one attached hydrogen (secondary N) is 1. The van der Waals surface area contributed by atoms with Crippen LogP contribution in [0.25, 0.3) is 0 Å². The zero-order valence-corrected chi connectivity index (χ0v) is 13.7. The second-order valence-corrected chi connectivity index (χ2v) is 7.05. The molecule has 1 aromatic rings. The smallest absolute Gasteiger partial charge is 0.244 e. The van der Waals surface area contributed by atoms with Crippen molar-refractivity contribution in [1.29, 1.82) is 0 Å². The second-order valence-electron chi connectivity index (χ2n) is 5.03. The molecule has 0 amide bonds. The predicted octanol–water partition coefficient (Wildman–Crippen LogP) is 2.29. The molecule has 21 heavy (non-hydrogen) atoms. The second kappa shape index (κ2) is 9.02. The minimum Gasteiger partial charge on any atom is -0.396 e. The Morgan fingerprint density at radius 3 is 2.57 bits per heavy atom. The van der Waals surface area contributed by atoms with E-state index >= 15 is 0 Å². The Bertz CT molecular complexity index is 517. The Kier molecular flexibility index (Phi) is 7.71. The van der Waals surface area contributed by atoms with Crippen molar-refractivity contribution in [1.82, 2.24) is 4.31 Å². The summed E-state index contributed by atoms with van der Waals surface area (Å²) in [5, 5.41) is 11.9. The van der Waals surface area contributed by atoms with Crippen molar-refractivity contribution in [2.24, 2.45) is 0 Å². The van der Waals surface area contributed by atoms with Crippen molar-refractivity contribution >= 4 is 15.7 Å². The molecule has 0 aromatic heterocycles. The Hall–Kier alpha value is -1.11. The van der Waals surface area contributed by atoms with E-state index in [1.807, 2.05) is 13.0 Å². The van der Waals surface area contributed by atoms with Gasteiger partial charge in [0, 0.05) is 26.7 Å². The molecule has 2 N–H and O–H groups in total. The van der Waals surface area contributed by atoms with Crippen molar-refractivity contribution < 1.29 is 13.5 Å². The van der Waals surface area contributed by atoms with Gasteiger partial charge in [0.15, 0.2) is 0 Å². The van der Waals surface area contributed by atoms with E-state index in [2.05, 4.69) is 5.32 Å². The largest absolute Gasteiger partial charge is 0.396 e. The molecule has 0 heterocycles. The van der Waals surface area contributed by atoms with Crippen LogP contribution in [0.4, 0.5) is 5.69 Å². The average Bonchev–Trinajstić information content (AvgIpc) is 2.49. The summed E-state index contributed by atoms with van der Waals surface area (Å²) in [6, 6.07) is 7.00. The van der Waals surface area contributed by atoms with E-state index in [4.69, 9.17) is 5.11 Å². The minimum atomic E-state index is -3.48. The molecule has 120 valence electrons. The van der Waals surface area contributed by atoms with E-state index in [1.165, 1.54) is 4.31 Å². The van der Waals surface area contributed by atoms with Crippen molar-refractivity contribution in [2.75, 3.05) is 32.1 Å². The number of hydrogen-bond acceptors (Lipinski definition) is 4. The first-order valence-corrected chi connectivity index (χ1v) is 8.88. The van der Waals surface area contributed by atoms with Crippen molar-refractivity contribution in [3.8, 4) is 0 Å². The minimum absolute atomic E-state index is 0.153. The number of aliphatic hydroxyl groups excluding tert-OH is 1. The molecule has 1 aromatic carbocycles. The Morgan fingerprint density at radius 2 is 1.90 bits per heavy atom. The monoisotopic (exact) mass is 314 g/mol. The van der Waals surface area contributed by atoms with Gasteiger partial charge in [-0.05, 0) is 37.8 Å². The van der Waals surface area contributed by atoms with Gasteiger partial charge in [-0.1, -0.05) is 19.1 Å². The molecular formula is C15H26N2O3S. The summed E-state index contributed by atoms with van der Waals surface area (Å²) in [7, 11) is -1.88. The lowest BCUT2D eigenvalue weighted by molar-refractivity contribution is 0.281. The van der Waals surface area contributed by atoms with Gasteiger partial charge in [-0.3, -0.25) is 0 Å². The molecule has 0 fully saturated rings. The molecule has 1 rings (SSSR count). The van der Waals surface area contributed by atoms with E-state index < -0.39 is 10.0 Å². The summed E-state index contributed by atoms with van der Waals surface area (Å²) in [6.45, 7) is 3.40. The number of anilines is 1. The molecule has 0 saturated heterocycles. The van der Waals surface area contributed by atoms with Crippen LogP contribution in [0.3, 0.4) is 0 Å². The molecular weight excluding hydrogens is 288 g/mol. The topological polar surface area (TPSA) is 69.6 Å². The predicted molar refractivity (Wildman–Crippen MR) is 86.0 cm³/mol. The van der Waals surface area contributed by atoms with Gasteiger partial charge in [0.25, 0.3) is 0 Å². The number of unbranched alkanes of at least 4 members (excludes halogenated alkanes) is 2. The van der Waals surface area contributed by atoms with Crippen molar-refractivity contribution in [3.63, 3.8) is 0 Å². The number of nitrogens with zero attached hydrogens (tertiary/aromatic N) is 1. The first-order chi connectivity index (χ1) is 10.0. The maximum atomic E-state index is 12.6. The summed E-state index contributed by atoms with van der Waals surface area (Å²) < 4.78 is 26.6. The van der Waals surface area contributed by atoms with E-state index in [-0.39, 0.29) is 6.61 Å². The number of hydrogen-bond donors (Lipinski definition) is 2. The van der Waals surface area contributed by atoms with Crippen LogP contribution in [-0.2, 0) is 10.0 Å². The fourth-order valence-electron chi connectivity index (χ4n) is 2.01. The van der Waals surface area contributed by atoms with Crippen molar-refractivity contribution in [2.45, 2.75) is 37.5 Å². The highest BCUT2D eigenvalue weighted by molar-refractivity contribution is 7.89. The standard InChI is InChI=1S/C15H26N2O3S/c1-3-11-16-14-9-5-6-10-15(14)21(19,20)17(2)12-7-4-8-13-18/h5-6,9-10,16,18H,3-4,7-8,11-13H2,1-2H3. The number of benzene rings is 1. The highest BCUT2D eigenvalue weighted by Gasteiger charge is 2.23. The Balaban J connectivity index is 2.81.